The van der Waals surface area contributed by atoms with E-state index in [2.05, 4.69) is 66.0 Å². The van der Waals surface area contributed by atoms with E-state index in [1.54, 1.807) is 6.20 Å². The summed E-state index contributed by atoms with van der Waals surface area (Å²) in [7, 11) is 0. The molecule has 0 unspecified atom stereocenters. The number of aliphatic carboxylic acids is 1. The number of nitrogens with one attached hydrogen (secondary N) is 4. The normalized spacial score (nSPS) is 13.3. The van der Waals surface area contributed by atoms with Gasteiger partial charge in [-0.15, -0.1) is 12.4 Å². The van der Waals surface area contributed by atoms with E-state index < -0.39 is 35.8 Å². The highest BCUT2D eigenvalue weighted by Gasteiger charge is 2.35. The van der Waals surface area contributed by atoms with E-state index >= 15 is 0 Å². The SMILES string of the molecule is CCCCCCCCCCOC(=O)[C@H](Cc1cnc[nH]1)N(NC(=O)CCC1=C(C)c2cc3[nH]c(cc4[nH]c(cc5nc(cc1n2)C(CCC(=O)O)=C5C)c(C)c4CC)c(C)c3CC)C(=O)[C@H](C)N.Cl. The van der Waals surface area contributed by atoms with Gasteiger partial charge in [0.2, 0.25) is 5.91 Å². The number of carbonyl (C=O) groups is 4. The average molecular weight is 967 g/mol. The second kappa shape index (κ2) is 25.0. The molecule has 0 saturated heterocycles. The number of nitrogens with two attached hydrogens (primary N) is 1. The van der Waals surface area contributed by atoms with Crippen LogP contribution in [0.15, 0.2) is 36.8 Å². The van der Waals surface area contributed by atoms with E-state index in [0.29, 0.717) is 29.2 Å². The fraction of sp³-hybridized carbons (Fsp3) is 0.491. The van der Waals surface area contributed by atoms with Gasteiger partial charge in [0.1, 0.15) is 0 Å². The van der Waals surface area contributed by atoms with Crippen molar-refractivity contribution in [3.63, 3.8) is 0 Å². The van der Waals surface area contributed by atoms with Crippen LogP contribution in [-0.2, 0) is 43.2 Å². The maximum absolute atomic E-state index is 14.2. The number of hydrazine groups is 1. The molecule has 7 N–H and O–H groups in total. The maximum Gasteiger partial charge on any atom is 0.331 e. The first-order valence-electron chi connectivity index (χ1n) is 24.5. The van der Waals surface area contributed by atoms with Crippen molar-refractivity contribution in [3.05, 3.63) is 87.5 Å². The zero-order chi connectivity index (χ0) is 49.1. The number of aryl methyl sites for hydroxylation is 4. The molecular formula is C53H72ClN9O6. The summed E-state index contributed by atoms with van der Waals surface area (Å²) in [6.07, 6.45) is 13.6. The fourth-order valence-electron chi connectivity index (χ4n) is 9.31. The van der Waals surface area contributed by atoms with Crippen molar-refractivity contribution < 1.29 is 29.0 Å². The summed E-state index contributed by atoms with van der Waals surface area (Å²) in [6.45, 7) is 16.4. The molecule has 0 aliphatic carbocycles. The van der Waals surface area contributed by atoms with Crippen LogP contribution in [0.2, 0.25) is 0 Å². The number of unbranched alkanes of at least 4 members (excludes halogenated alkanes) is 7. The Kier molecular flexibility index (Phi) is 19.5. The molecule has 2 amide bonds. The molecule has 2 aliphatic heterocycles. The third kappa shape index (κ3) is 13.2. The van der Waals surface area contributed by atoms with E-state index in [1.165, 1.54) is 44.5 Å². The first-order valence-corrected chi connectivity index (χ1v) is 24.5. The summed E-state index contributed by atoms with van der Waals surface area (Å²) >= 11 is 0. The third-order valence-electron chi connectivity index (χ3n) is 13.4. The Hall–Kier alpha value is -6.06. The van der Waals surface area contributed by atoms with E-state index in [1.807, 2.05) is 32.0 Å². The number of imidazole rings is 1. The Morgan fingerprint density at radius 1 is 0.739 bits per heavy atom. The molecule has 8 bridgehead atoms. The van der Waals surface area contributed by atoms with Crippen LogP contribution in [0.3, 0.4) is 0 Å². The molecule has 15 nitrogen and oxygen atoms in total. The van der Waals surface area contributed by atoms with Gasteiger partial charge in [-0.2, -0.15) is 0 Å². The average Bonchev–Trinajstić information content (AvgIpc) is 4.12. The topological polar surface area (TPSA) is 225 Å². The number of allylic oxidation sites excluding steroid dienone is 4. The molecular weight excluding hydrogens is 894 g/mol. The lowest BCUT2D eigenvalue weighted by Crippen LogP contribution is -2.59. The van der Waals surface area contributed by atoms with E-state index in [4.69, 9.17) is 20.4 Å². The second-order valence-electron chi connectivity index (χ2n) is 18.2. The summed E-state index contributed by atoms with van der Waals surface area (Å²) in [5.74, 6) is -2.72. The number of amides is 2. The largest absolute Gasteiger partial charge is 0.481 e. The van der Waals surface area contributed by atoms with Crippen molar-refractivity contribution in [1.82, 2.24) is 40.3 Å². The Morgan fingerprint density at radius 3 is 1.81 bits per heavy atom. The number of aromatic nitrogens is 6. The molecule has 0 fully saturated rings. The Balaban J connectivity index is 0.00000888. The molecule has 69 heavy (non-hydrogen) atoms. The van der Waals surface area contributed by atoms with Gasteiger partial charge < -0.3 is 30.5 Å². The summed E-state index contributed by atoms with van der Waals surface area (Å²) in [6, 6.07) is 5.89. The van der Waals surface area contributed by atoms with Crippen molar-refractivity contribution >= 4 is 80.5 Å². The minimum absolute atomic E-state index is 0. The number of ether oxygens (including phenoxy) is 1. The fourth-order valence-corrected chi connectivity index (χ4v) is 9.31. The van der Waals surface area contributed by atoms with E-state index in [-0.39, 0.29) is 51.1 Å². The Labute approximate surface area is 412 Å². The number of carbonyl (C=O) groups excluding carboxylic acids is 3. The molecule has 6 heterocycles. The number of halogens is 1. The van der Waals surface area contributed by atoms with Crippen LogP contribution in [0.5, 0.6) is 0 Å². The number of carboxylic acid groups (broad SMARTS) is 1. The lowest BCUT2D eigenvalue weighted by Gasteiger charge is -2.31. The number of aromatic amines is 3. The van der Waals surface area contributed by atoms with Crippen LogP contribution in [0.1, 0.15) is 169 Å². The standard InChI is InChI=1S/C53H71N9O6.ClH/c1-9-12-13-14-15-16-17-18-23-68-53(67)49(24-36-29-55-30-56-36)62(52(66)35(8)54)61-50(63)21-19-39-33(6)44-27-46-38(11-3)32(5)43(58-46)26-45-37(10-2)31(4)41(57-45)25-42-34(7)40(20-22-51(64)65)48(59-42)28-47(39)60-44;/h25-30,35,49,57-58H,9-24,54H2,1-8H3,(H,55,56)(H,61,63)(H,64,65);1H/t35-,49-;/m0./s1. The smallest absolute Gasteiger partial charge is 0.331 e. The third-order valence-corrected chi connectivity index (χ3v) is 13.4. The number of esters is 1. The first kappa shape index (κ1) is 53.9. The van der Waals surface area contributed by atoms with Gasteiger partial charge in [-0.1, -0.05) is 65.7 Å². The van der Waals surface area contributed by atoms with Crippen LogP contribution in [0.25, 0.3) is 44.4 Å². The van der Waals surface area contributed by atoms with Gasteiger partial charge in [0.25, 0.3) is 5.91 Å². The molecule has 2 aliphatic rings. The summed E-state index contributed by atoms with van der Waals surface area (Å²) in [4.78, 5) is 78.5. The minimum Gasteiger partial charge on any atom is -0.481 e. The van der Waals surface area contributed by atoms with Crippen molar-refractivity contribution in [1.29, 1.82) is 0 Å². The van der Waals surface area contributed by atoms with Gasteiger partial charge in [-0.25, -0.2) is 24.8 Å². The Bertz CT molecular complexity index is 2710. The molecule has 0 aromatic carbocycles. The molecule has 0 saturated carbocycles. The number of nitrogens with zero attached hydrogens (tertiary/aromatic N) is 4. The highest BCUT2D eigenvalue weighted by atomic mass is 35.5. The molecule has 4 aromatic heterocycles. The van der Waals surface area contributed by atoms with Gasteiger partial charge in [-0.05, 0) is 136 Å². The first-order chi connectivity index (χ1) is 32.6. The Morgan fingerprint density at radius 2 is 1.28 bits per heavy atom. The van der Waals surface area contributed by atoms with Crippen LogP contribution >= 0.6 is 12.4 Å². The summed E-state index contributed by atoms with van der Waals surface area (Å²) in [5, 5.41) is 10.8. The van der Waals surface area contributed by atoms with Crippen LogP contribution in [-0.4, -0.2) is 82.5 Å². The summed E-state index contributed by atoms with van der Waals surface area (Å²) in [5.41, 5.74) is 24.0. The van der Waals surface area contributed by atoms with Crippen molar-refractivity contribution in [2.45, 2.75) is 164 Å². The molecule has 2 atom stereocenters. The number of fused-ring (bicyclic) bond motifs is 8. The molecule has 4 aromatic rings. The zero-order valence-electron chi connectivity index (χ0n) is 41.7. The van der Waals surface area contributed by atoms with Gasteiger partial charge in [-0.3, -0.25) is 19.8 Å². The van der Waals surface area contributed by atoms with Gasteiger partial charge in [0.05, 0.1) is 41.8 Å². The molecule has 16 heteroatoms. The van der Waals surface area contributed by atoms with E-state index in [9.17, 15) is 24.3 Å². The highest BCUT2D eigenvalue weighted by molar-refractivity contribution is 5.97. The van der Waals surface area contributed by atoms with Crippen molar-refractivity contribution in [2.75, 3.05) is 6.61 Å². The number of rotatable bonds is 22. The quantitative estimate of drug-likeness (QED) is 0.0248. The van der Waals surface area contributed by atoms with Gasteiger partial charge >= 0.3 is 11.9 Å². The zero-order valence-corrected chi connectivity index (χ0v) is 42.5. The molecule has 372 valence electrons. The molecule has 6 rings (SSSR count). The monoisotopic (exact) mass is 966 g/mol. The molecule has 0 radical (unpaired) electrons. The van der Waals surface area contributed by atoms with Crippen molar-refractivity contribution in [2.24, 2.45) is 5.73 Å². The van der Waals surface area contributed by atoms with E-state index in [0.717, 1.165) is 104 Å². The van der Waals surface area contributed by atoms with Gasteiger partial charge in [0, 0.05) is 53.2 Å². The van der Waals surface area contributed by atoms with Crippen molar-refractivity contribution in [3.8, 4) is 0 Å². The molecule has 0 spiro atoms. The number of H-pyrrole nitrogens is 3. The number of hydrogen-bond donors (Lipinski definition) is 6. The highest BCUT2D eigenvalue weighted by Crippen LogP contribution is 2.38. The van der Waals surface area contributed by atoms with Crippen LogP contribution in [0.4, 0.5) is 0 Å². The van der Waals surface area contributed by atoms with Crippen LogP contribution < -0.4 is 11.2 Å². The minimum atomic E-state index is -1.22. The lowest BCUT2D eigenvalue weighted by atomic mass is 9.98. The number of hydrogen-bond acceptors (Lipinski definition) is 9. The summed E-state index contributed by atoms with van der Waals surface area (Å²) < 4.78 is 5.76. The van der Waals surface area contributed by atoms with Gasteiger partial charge in [0.15, 0.2) is 6.04 Å². The van der Waals surface area contributed by atoms with Crippen LogP contribution in [0, 0.1) is 13.8 Å². The maximum atomic E-state index is 14.2. The predicted molar refractivity (Wildman–Crippen MR) is 276 cm³/mol. The lowest BCUT2D eigenvalue weighted by molar-refractivity contribution is -0.160. The predicted octanol–water partition coefficient (Wildman–Crippen LogP) is 10.2. The second-order valence-corrected chi connectivity index (χ2v) is 18.2. The number of carboxylic acids is 1.